The number of amides is 1. The van der Waals surface area contributed by atoms with Crippen LogP contribution in [0.15, 0.2) is 24.3 Å². The fourth-order valence-electron chi connectivity index (χ4n) is 2.51. The zero-order chi connectivity index (χ0) is 14.6. The largest absolute Gasteiger partial charge is 0.394 e. The molecule has 0 spiro atoms. The van der Waals surface area contributed by atoms with Gasteiger partial charge in [-0.1, -0.05) is 24.3 Å². The van der Waals surface area contributed by atoms with Gasteiger partial charge >= 0.3 is 0 Å². The van der Waals surface area contributed by atoms with Crippen LogP contribution in [0.3, 0.4) is 0 Å². The summed E-state index contributed by atoms with van der Waals surface area (Å²) in [5.41, 5.74) is 1.26. The van der Waals surface area contributed by atoms with Crippen molar-refractivity contribution < 1.29 is 9.90 Å². The van der Waals surface area contributed by atoms with E-state index in [9.17, 15) is 9.90 Å². The van der Waals surface area contributed by atoms with E-state index in [1.165, 1.54) is 0 Å². The molecule has 1 aliphatic carbocycles. The van der Waals surface area contributed by atoms with Crippen molar-refractivity contribution in [2.45, 2.75) is 38.1 Å². The van der Waals surface area contributed by atoms with Crippen molar-refractivity contribution in [1.29, 1.82) is 5.26 Å². The second-order valence-corrected chi connectivity index (χ2v) is 5.68. The molecular formula is C16H20N2O2. The average molecular weight is 272 g/mol. The summed E-state index contributed by atoms with van der Waals surface area (Å²) in [4.78, 5) is 12.2. The van der Waals surface area contributed by atoms with Gasteiger partial charge in [0.25, 0.3) is 0 Å². The van der Waals surface area contributed by atoms with E-state index in [2.05, 4.69) is 11.4 Å². The van der Waals surface area contributed by atoms with Gasteiger partial charge in [-0.15, -0.1) is 0 Å². The average Bonchev–Trinajstić information content (AvgIpc) is 3.26. The lowest BCUT2D eigenvalue weighted by Gasteiger charge is -2.29. The molecule has 1 unspecified atom stereocenters. The Bertz CT molecular complexity index is 532. The Morgan fingerprint density at radius 1 is 1.45 bits per heavy atom. The summed E-state index contributed by atoms with van der Waals surface area (Å²) in [5.74, 6) is 0.282. The molecule has 1 aromatic carbocycles. The monoisotopic (exact) mass is 272 g/mol. The van der Waals surface area contributed by atoms with Gasteiger partial charge in [-0.2, -0.15) is 5.26 Å². The molecule has 1 fully saturated rings. The highest BCUT2D eigenvalue weighted by molar-refractivity contribution is 5.79. The summed E-state index contributed by atoms with van der Waals surface area (Å²) in [7, 11) is 0. The van der Waals surface area contributed by atoms with E-state index < -0.39 is 5.54 Å². The smallest absolute Gasteiger partial charge is 0.224 e. The third-order valence-electron chi connectivity index (χ3n) is 3.97. The molecule has 0 bridgehead atoms. The van der Waals surface area contributed by atoms with E-state index >= 15 is 0 Å². The number of nitriles is 1. The number of carbonyl (C=O) groups excluding carboxylic acids is 1. The lowest BCUT2D eigenvalue weighted by atomic mass is 9.95. The topological polar surface area (TPSA) is 73.1 Å². The van der Waals surface area contributed by atoms with E-state index in [1.54, 1.807) is 0 Å². The van der Waals surface area contributed by atoms with Gasteiger partial charge in [-0.25, -0.2) is 0 Å². The van der Waals surface area contributed by atoms with Crippen LogP contribution in [0.1, 0.15) is 30.9 Å². The number of hydrogen-bond acceptors (Lipinski definition) is 3. The molecular weight excluding hydrogens is 252 g/mol. The van der Waals surface area contributed by atoms with Gasteiger partial charge in [0, 0.05) is 0 Å². The highest BCUT2D eigenvalue weighted by Crippen LogP contribution is 2.39. The summed E-state index contributed by atoms with van der Waals surface area (Å²) in [6, 6.07) is 9.60. The number of hydrogen-bond donors (Lipinski definition) is 2. The maximum Gasteiger partial charge on any atom is 0.224 e. The van der Waals surface area contributed by atoms with Crippen molar-refractivity contribution in [3.63, 3.8) is 0 Å². The first kappa shape index (κ1) is 14.5. The van der Waals surface area contributed by atoms with Crippen LogP contribution < -0.4 is 5.32 Å². The van der Waals surface area contributed by atoms with Crippen molar-refractivity contribution in [3.05, 3.63) is 35.4 Å². The first-order valence-electron chi connectivity index (χ1n) is 6.94. The minimum Gasteiger partial charge on any atom is -0.394 e. The van der Waals surface area contributed by atoms with Gasteiger partial charge < -0.3 is 10.4 Å². The molecule has 1 atom stereocenters. The van der Waals surface area contributed by atoms with Gasteiger partial charge in [0.1, 0.15) is 0 Å². The molecule has 20 heavy (non-hydrogen) atoms. The summed E-state index contributed by atoms with van der Waals surface area (Å²) in [6.07, 6.45) is 2.67. The van der Waals surface area contributed by atoms with Crippen molar-refractivity contribution in [1.82, 2.24) is 5.32 Å². The predicted molar refractivity (Wildman–Crippen MR) is 75.8 cm³/mol. The zero-order valence-electron chi connectivity index (χ0n) is 11.7. The molecule has 2 N–H and O–H groups in total. The zero-order valence-corrected chi connectivity index (χ0v) is 11.7. The van der Waals surface area contributed by atoms with E-state index in [0.29, 0.717) is 12.3 Å². The van der Waals surface area contributed by atoms with E-state index in [-0.39, 0.29) is 18.9 Å². The molecule has 1 aliphatic rings. The molecule has 1 saturated carbocycles. The normalized spacial score (nSPS) is 17.1. The van der Waals surface area contributed by atoms with E-state index in [4.69, 9.17) is 5.26 Å². The Labute approximate surface area is 119 Å². The number of nitrogens with one attached hydrogen (secondary N) is 1. The number of nitrogens with zero attached hydrogens (tertiary/aromatic N) is 1. The van der Waals surface area contributed by atoms with Crippen molar-refractivity contribution in [2.24, 2.45) is 5.92 Å². The molecule has 0 saturated heterocycles. The molecule has 0 radical (unpaired) electrons. The Morgan fingerprint density at radius 3 is 2.65 bits per heavy atom. The van der Waals surface area contributed by atoms with Crippen LogP contribution >= 0.6 is 0 Å². The van der Waals surface area contributed by atoms with Gasteiger partial charge in [-0.3, -0.25) is 4.79 Å². The Morgan fingerprint density at radius 2 is 2.10 bits per heavy atom. The lowest BCUT2D eigenvalue weighted by molar-refractivity contribution is -0.123. The molecule has 1 amide bonds. The van der Waals surface area contributed by atoms with Gasteiger partial charge in [-0.05, 0) is 36.8 Å². The van der Waals surface area contributed by atoms with Crippen LogP contribution in [0, 0.1) is 17.2 Å². The first-order valence-corrected chi connectivity index (χ1v) is 6.94. The van der Waals surface area contributed by atoms with Crippen molar-refractivity contribution in [3.8, 4) is 6.07 Å². The Balaban J connectivity index is 2.03. The maximum absolute atomic E-state index is 12.2. The van der Waals surface area contributed by atoms with Crippen LogP contribution in [0.25, 0.3) is 0 Å². The molecule has 4 heteroatoms. The van der Waals surface area contributed by atoms with E-state index in [1.807, 2.05) is 31.2 Å². The number of rotatable bonds is 6. The summed E-state index contributed by atoms with van der Waals surface area (Å²) in [5, 5.41) is 21.2. The fraction of sp³-hybridized carbons (Fsp3) is 0.500. The van der Waals surface area contributed by atoms with E-state index in [0.717, 1.165) is 24.0 Å². The minimum atomic E-state index is -0.513. The third-order valence-corrected chi connectivity index (χ3v) is 3.97. The molecule has 1 aromatic rings. The third kappa shape index (κ3) is 3.37. The molecule has 0 aromatic heterocycles. The molecule has 106 valence electrons. The second-order valence-electron chi connectivity index (χ2n) is 5.68. The fourth-order valence-corrected chi connectivity index (χ4v) is 2.51. The second kappa shape index (κ2) is 6.06. The maximum atomic E-state index is 12.2. The summed E-state index contributed by atoms with van der Waals surface area (Å²) >= 11 is 0. The standard InChI is InChI=1S/C16H20N2O2/c1-16(11-19,14-6-7-14)18-15(20)10-13-5-3-2-4-12(13)8-9-17/h2-5,14,19H,6-8,10-11H2,1H3,(H,18,20). The SMILES string of the molecule is CC(CO)(NC(=O)Cc1ccccc1CC#N)C1CC1. The van der Waals surface area contributed by atoms with Crippen LogP contribution in [0.2, 0.25) is 0 Å². The number of aliphatic hydroxyl groups is 1. The molecule has 0 heterocycles. The minimum absolute atomic E-state index is 0.0384. The van der Waals surface area contributed by atoms with Crippen LogP contribution in [0.5, 0.6) is 0 Å². The molecule has 0 aliphatic heterocycles. The van der Waals surface area contributed by atoms with Gasteiger partial charge in [0.15, 0.2) is 0 Å². The van der Waals surface area contributed by atoms with Crippen LogP contribution in [-0.4, -0.2) is 23.2 Å². The van der Waals surface area contributed by atoms with Gasteiger partial charge in [0.2, 0.25) is 5.91 Å². The highest BCUT2D eigenvalue weighted by atomic mass is 16.3. The number of aliphatic hydroxyl groups excluding tert-OH is 1. The van der Waals surface area contributed by atoms with Crippen molar-refractivity contribution >= 4 is 5.91 Å². The number of benzene rings is 1. The first-order chi connectivity index (χ1) is 9.59. The Hall–Kier alpha value is -1.86. The van der Waals surface area contributed by atoms with Crippen molar-refractivity contribution in [2.75, 3.05) is 6.61 Å². The lowest BCUT2D eigenvalue weighted by Crippen LogP contribution is -2.51. The van der Waals surface area contributed by atoms with Gasteiger partial charge in [0.05, 0.1) is 31.1 Å². The summed E-state index contributed by atoms with van der Waals surface area (Å²) < 4.78 is 0. The summed E-state index contributed by atoms with van der Waals surface area (Å²) in [6.45, 7) is 1.85. The number of carbonyl (C=O) groups is 1. The van der Waals surface area contributed by atoms with Crippen LogP contribution in [0.4, 0.5) is 0 Å². The predicted octanol–water partition coefficient (Wildman–Crippen LogP) is 1.57. The molecule has 4 nitrogen and oxygen atoms in total. The Kier molecular flexibility index (Phi) is 4.41. The quantitative estimate of drug-likeness (QED) is 0.825. The van der Waals surface area contributed by atoms with Crippen LogP contribution in [-0.2, 0) is 17.6 Å². The highest BCUT2D eigenvalue weighted by Gasteiger charge is 2.42. The molecule has 2 rings (SSSR count).